The second kappa shape index (κ2) is 6.97. The molecule has 3 rings (SSSR count). The smallest absolute Gasteiger partial charge is 0.119 e. The SMILES string of the molecule is Clc1ccc(-c2ccc(OCC3CCCNC3)cc2)cc1. The van der Waals surface area contributed by atoms with Gasteiger partial charge in [-0.25, -0.2) is 0 Å². The van der Waals surface area contributed by atoms with Crippen molar-refractivity contribution in [2.75, 3.05) is 19.7 Å². The maximum Gasteiger partial charge on any atom is 0.119 e. The van der Waals surface area contributed by atoms with E-state index in [1.54, 1.807) is 0 Å². The van der Waals surface area contributed by atoms with E-state index < -0.39 is 0 Å². The zero-order valence-corrected chi connectivity index (χ0v) is 12.8. The fraction of sp³-hybridized carbons (Fsp3) is 0.333. The first kappa shape index (κ1) is 14.4. The average Bonchev–Trinajstić information content (AvgIpc) is 2.55. The normalized spacial score (nSPS) is 18.4. The lowest BCUT2D eigenvalue weighted by atomic mass is 10.0. The number of halogens is 1. The van der Waals surface area contributed by atoms with Crippen LogP contribution >= 0.6 is 11.6 Å². The third kappa shape index (κ3) is 3.99. The Balaban J connectivity index is 1.59. The minimum Gasteiger partial charge on any atom is -0.493 e. The Labute approximate surface area is 131 Å². The van der Waals surface area contributed by atoms with E-state index in [-0.39, 0.29) is 0 Å². The summed E-state index contributed by atoms with van der Waals surface area (Å²) >= 11 is 5.91. The van der Waals surface area contributed by atoms with Gasteiger partial charge in [0.05, 0.1) is 6.61 Å². The predicted molar refractivity (Wildman–Crippen MR) is 88.0 cm³/mol. The third-order valence-corrected chi connectivity index (χ3v) is 4.17. The number of benzene rings is 2. The van der Waals surface area contributed by atoms with Crippen molar-refractivity contribution in [2.45, 2.75) is 12.8 Å². The van der Waals surface area contributed by atoms with Gasteiger partial charge in [0, 0.05) is 17.5 Å². The van der Waals surface area contributed by atoms with Crippen LogP contribution < -0.4 is 10.1 Å². The molecule has 1 heterocycles. The van der Waals surface area contributed by atoms with E-state index in [0.29, 0.717) is 5.92 Å². The van der Waals surface area contributed by atoms with Crippen LogP contribution in [-0.2, 0) is 0 Å². The molecule has 0 bridgehead atoms. The summed E-state index contributed by atoms with van der Waals surface area (Å²) in [6, 6.07) is 16.2. The highest BCUT2D eigenvalue weighted by Crippen LogP contribution is 2.24. The van der Waals surface area contributed by atoms with Crippen LogP contribution in [0.15, 0.2) is 48.5 Å². The molecular weight excluding hydrogens is 282 g/mol. The Morgan fingerprint density at radius 1 is 1.00 bits per heavy atom. The van der Waals surface area contributed by atoms with Gasteiger partial charge < -0.3 is 10.1 Å². The predicted octanol–water partition coefficient (Wildman–Crippen LogP) is 4.39. The molecule has 21 heavy (non-hydrogen) atoms. The average molecular weight is 302 g/mol. The van der Waals surface area contributed by atoms with Crippen LogP contribution in [0.1, 0.15) is 12.8 Å². The van der Waals surface area contributed by atoms with E-state index in [2.05, 4.69) is 17.4 Å². The first-order valence-electron chi connectivity index (χ1n) is 7.51. The zero-order valence-electron chi connectivity index (χ0n) is 12.0. The molecule has 0 aromatic heterocycles. The summed E-state index contributed by atoms with van der Waals surface area (Å²) < 4.78 is 5.89. The van der Waals surface area contributed by atoms with Gasteiger partial charge >= 0.3 is 0 Å². The zero-order chi connectivity index (χ0) is 14.5. The minimum atomic E-state index is 0.634. The molecule has 1 unspecified atom stereocenters. The van der Waals surface area contributed by atoms with Crippen molar-refractivity contribution in [1.82, 2.24) is 5.32 Å². The molecule has 0 spiro atoms. The number of hydrogen-bond donors (Lipinski definition) is 1. The van der Waals surface area contributed by atoms with E-state index in [1.807, 2.05) is 36.4 Å². The second-order valence-electron chi connectivity index (χ2n) is 5.55. The Hall–Kier alpha value is -1.51. The van der Waals surface area contributed by atoms with Crippen molar-refractivity contribution in [3.05, 3.63) is 53.6 Å². The van der Waals surface area contributed by atoms with Crippen molar-refractivity contribution in [2.24, 2.45) is 5.92 Å². The quantitative estimate of drug-likeness (QED) is 0.904. The molecule has 2 aromatic carbocycles. The molecule has 0 amide bonds. The molecule has 1 aliphatic rings. The van der Waals surface area contributed by atoms with Gasteiger partial charge in [-0.15, -0.1) is 0 Å². The molecule has 0 radical (unpaired) electrons. The van der Waals surface area contributed by atoms with E-state index in [9.17, 15) is 0 Å². The molecule has 0 aliphatic carbocycles. The summed E-state index contributed by atoms with van der Waals surface area (Å²) in [4.78, 5) is 0. The van der Waals surface area contributed by atoms with Crippen molar-refractivity contribution >= 4 is 11.6 Å². The van der Waals surface area contributed by atoms with Crippen LogP contribution in [0.3, 0.4) is 0 Å². The lowest BCUT2D eigenvalue weighted by molar-refractivity contribution is 0.218. The summed E-state index contributed by atoms with van der Waals surface area (Å²) in [6.07, 6.45) is 2.51. The van der Waals surface area contributed by atoms with Gasteiger partial charge in [-0.1, -0.05) is 35.9 Å². The van der Waals surface area contributed by atoms with Gasteiger partial charge in [-0.3, -0.25) is 0 Å². The van der Waals surface area contributed by atoms with Crippen molar-refractivity contribution in [3.63, 3.8) is 0 Å². The van der Waals surface area contributed by atoms with Crippen LogP contribution in [-0.4, -0.2) is 19.7 Å². The molecular formula is C18H20ClNO. The first-order valence-corrected chi connectivity index (χ1v) is 7.88. The van der Waals surface area contributed by atoms with E-state index in [0.717, 1.165) is 30.5 Å². The summed E-state index contributed by atoms with van der Waals surface area (Å²) in [5, 5.41) is 4.18. The Kier molecular flexibility index (Phi) is 4.79. The molecule has 2 aromatic rings. The maximum absolute atomic E-state index is 5.91. The number of ether oxygens (including phenoxy) is 1. The van der Waals surface area contributed by atoms with Crippen molar-refractivity contribution in [3.8, 4) is 16.9 Å². The molecule has 0 saturated carbocycles. The van der Waals surface area contributed by atoms with Gasteiger partial charge in [0.25, 0.3) is 0 Å². The van der Waals surface area contributed by atoms with E-state index >= 15 is 0 Å². The second-order valence-corrected chi connectivity index (χ2v) is 5.99. The lowest BCUT2D eigenvalue weighted by Crippen LogP contribution is -2.33. The number of piperidine rings is 1. The monoisotopic (exact) mass is 301 g/mol. The Morgan fingerprint density at radius 2 is 1.67 bits per heavy atom. The topological polar surface area (TPSA) is 21.3 Å². The van der Waals surface area contributed by atoms with Gasteiger partial charge in [0.2, 0.25) is 0 Å². The van der Waals surface area contributed by atoms with Crippen LogP contribution in [0.4, 0.5) is 0 Å². The molecule has 1 N–H and O–H groups in total. The lowest BCUT2D eigenvalue weighted by Gasteiger charge is -2.22. The van der Waals surface area contributed by atoms with Crippen LogP contribution in [0.25, 0.3) is 11.1 Å². The fourth-order valence-electron chi connectivity index (χ4n) is 2.67. The first-order chi connectivity index (χ1) is 10.3. The Bertz CT molecular complexity index is 559. The molecule has 110 valence electrons. The van der Waals surface area contributed by atoms with Gasteiger partial charge in [0.1, 0.15) is 5.75 Å². The fourth-order valence-corrected chi connectivity index (χ4v) is 2.79. The maximum atomic E-state index is 5.91. The summed E-state index contributed by atoms with van der Waals surface area (Å²) in [7, 11) is 0. The van der Waals surface area contributed by atoms with Gasteiger partial charge in [-0.05, 0) is 54.8 Å². The van der Waals surface area contributed by atoms with Crippen LogP contribution in [0.5, 0.6) is 5.75 Å². The highest BCUT2D eigenvalue weighted by molar-refractivity contribution is 6.30. The molecule has 2 nitrogen and oxygen atoms in total. The van der Waals surface area contributed by atoms with Gasteiger partial charge in [-0.2, -0.15) is 0 Å². The highest BCUT2D eigenvalue weighted by Gasteiger charge is 2.13. The number of nitrogens with one attached hydrogen (secondary N) is 1. The molecule has 1 aliphatic heterocycles. The highest BCUT2D eigenvalue weighted by atomic mass is 35.5. The van der Waals surface area contributed by atoms with Crippen molar-refractivity contribution < 1.29 is 4.74 Å². The summed E-state index contributed by atoms with van der Waals surface area (Å²) in [5.74, 6) is 1.58. The standard InChI is InChI=1S/C18H20ClNO/c19-17-7-3-15(4-8-17)16-5-9-18(10-6-16)21-13-14-2-1-11-20-12-14/h3-10,14,20H,1-2,11-13H2. The Morgan fingerprint density at radius 3 is 2.29 bits per heavy atom. The molecule has 1 atom stereocenters. The minimum absolute atomic E-state index is 0.634. The largest absolute Gasteiger partial charge is 0.493 e. The van der Waals surface area contributed by atoms with Gasteiger partial charge in [0.15, 0.2) is 0 Å². The summed E-state index contributed by atoms with van der Waals surface area (Å²) in [6.45, 7) is 3.02. The molecule has 1 saturated heterocycles. The number of rotatable bonds is 4. The molecule has 3 heteroatoms. The summed E-state index contributed by atoms with van der Waals surface area (Å²) in [5.41, 5.74) is 2.35. The van der Waals surface area contributed by atoms with Crippen LogP contribution in [0.2, 0.25) is 5.02 Å². The van der Waals surface area contributed by atoms with E-state index in [4.69, 9.17) is 16.3 Å². The van der Waals surface area contributed by atoms with Crippen molar-refractivity contribution in [1.29, 1.82) is 0 Å². The van der Waals surface area contributed by atoms with E-state index in [1.165, 1.54) is 24.0 Å². The molecule has 1 fully saturated rings. The third-order valence-electron chi connectivity index (χ3n) is 3.92. The number of hydrogen-bond acceptors (Lipinski definition) is 2. The van der Waals surface area contributed by atoms with Crippen LogP contribution in [0, 0.1) is 5.92 Å².